The summed E-state index contributed by atoms with van der Waals surface area (Å²) in [6, 6.07) is 5.54. The second-order valence-corrected chi connectivity index (χ2v) is 6.99. The molecule has 1 saturated carbocycles. The molecule has 1 N–H and O–H groups in total. The van der Waals surface area contributed by atoms with E-state index in [1.807, 2.05) is 19.1 Å². The molecule has 2 aliphatic rings. The fraction of sp³-hybridized carbons (Fsp3) is 0.429. The predicted octanol–water partition coefficient (Wildman–Crippen LogP) is 2.71. The van der Waals surface area contributed by atoms with Crippen molar-refractivity contribution >= 4 is 23.3 Å². The van der Waals surface area contributed by atoms with Crippen LogP contribution in [0, 0.1) is 5.92 Å². The van der Waals surface area contributed by atoms with Crippen LogP contribution in [0.5, 0.6) is 0 Å². The lowest BCUT2D eigenvalue weighted by atomic mass is 9.85. The maximum absolute atomic E-state index is 12.7. The first-order valence-electron chi connectivity index (χ1n) is 9.16. The average Bonchev–Trinajstić information content (AvgIpc) is 2.92. The summed E-state index contributed by atoms with van der Waals surface area (Å²) >= 11 is 0. The van der Waals surface area contributed by atoms with E-state index in [4.69, 9.17) is 0 Å². The maximum atomic E-state index is 12.7. The minimum absolute atomic E-state index is 0.00246. The number of amides is 1. The summed E-state index contributed by atoms with van der Waals surface area (Å²) < 4.78 is 0. The van der Waals surface area contributed by atoms with Crippen molar-refractivity contribution < 1.29 is 19.2 Å². The van der Waals surface area contributed by atoms with Crippen LogP contribution < -0.4 is 5.32 Å². The molecule has 0 spiro atoms. The van der Waals surface area contributed by atoms with Crippen LogP contribution in [0.4, 0.5) is 0 Å². The van der Waals surface area contributed by atoms with E-state index in [1.165, 1.54) is 0 Å². The quantitative estimate of drug-likeness (QED) is 0.652. The highest BCUT2D eigenvalue weighted by atomic mass is 16.2. The molecule has 1 aromatic rings. The zero-order chi connectivity index (χ0) is 18.7. The third-order valence-electron chi connectivity index (χ3n) is 5.05. The van der Waals surface area contributed by atoms with Gasteiger partial charge in [-0.15, -0.1) is 0 Å². The van der Waals surface area contributed by atoms with Gasteiger partial charge in [0.15, 0.2) is 5.78 Å². The zero-order valence-corrected chi connectivity index (χ0v) is 15.0. The van der Waals surface area contributed by atoms with Gasteiger partial charge in [-0.25, -0.2) is 0 Å². The summed E-state index contributed by atoms with van der Waals surface area (Å²) in [4.78, 5) is 47.8. The number of Topliss-reactive ketones (excluding diaryl/α,β-unsaturated/α-hetero) is 3. The van der Waals surface area contributed by atoms with Gasteiger partial charge in [-0.1, -0.05) is 31.2 Å². The first-order valence-corrected chi connectivity index (χ1v) is 9.16. The molecule has 0 aliphatic heterocycles. The number of benzene rings is 1. The highest BCUT2D eigenvalue weighted by Crippen LogP contribution is 2.31. The summed E-state index contributed by atoms with van der Waals surface area (Å²) in [6.07, 6.45) is 4.39. The van der Waals surface area contributed by atoms with Crippen LogP contribution in [0.1, 0.15) is 60.5 Å². The molecule has 0 bridgehead atoms. The fourth-order valence-corrected chi connectivity index (χ4v) is 3.62. The summed E-state index contributed by atoms with van der Waals surface area (Å²) in [5, 5.41) is 2.89. The van der Waals surface area contributed by atoms with E-state index in [-0.39, 0.29) is 35.6 Å². The Morgan fingerprint density at radius 1 is 1.23 bits per heavy atom. The Hall–Kier alpha value is -2.56. The van der Waals surface area contributed by atoms with E-state index in [0.29, 0.717) is 43.4 Å². The third kappa shape index (κ3) is 3.82. The normalized spacial score (nSPS) is 21.2. The van der Waals surface area contributed by atoms with Crippen LogP contribution in [0.25, 0.3) is 0 Å². The Morgan fingerprint density at radius 3 is 2.77 bits per heavy atom. The van der Waals surface area contributed by atoms with Gasteiger partial charge in [-0.3, -0.25) is 19.2 Å². The van der Waals surface area contributed by atoms with Gasteiger partial charge < -0.3 is 5.32 Å². The van der Waals surface area contributed by atoms with Crippen molar-refractivity contribution in [2.75, 3.05) is 0 Å². The van der Waals surface area contributed by atoms with Gasteiger partial charge in [0.2, 0.25) is 5.91 Å². The van der Waals surface area contributed by atoms with Gasteiger partial charge in [0.05, 0.1) is 6.42 Å². The number of carbonyl (C=O) groups is 4. The van der Waals surface area contributed by atoms with E-state index >= 15 is 0 Å². The van der Waals surface area contributed by atoms with Gasteiger partial charge in [-0.05, 0) is 24.0 Å². The molecular weight excluding hydrogens is 330 g/mol. The molecule has 1 atom stereocenters. The molecular formula is C21H23NO4. The minimum Gasteiger partial charge on any atom is -0.352 e. The molecule has 1 aromatic carbocycles. The summed E-state index contributed by atoms with van der Waals surface area (Å²) in [5.74, 6) is -0.497. The highest BCUT2D eigenvalue weighted by Gasteiger charge is 2.31. The van der Waals surface area contributed by atoms with Crippen molar-refractivity contribution in [3.8, 4) is 0 Å². The average molecular weight is 353 g/mol. The van der Waals surface area contributed by atoms with E-state index < -0.39 is 0 Å². The van der Waals surface area contributed by atoms with Gasteiger partial charge in [-0.2, -0.15) is 0 Å². The SMILES string of the molecule is CCCC(=O)NCc1cccc2c1C/C(=C\C1CCC(=O)CC1=O)C2=O. The smallest absolute Gasteiger partial charge is 0.220 e. The standard InChI is InChI=1S/C21H23NO4/c1-2-4-20(25)22-12-14-5-3-6-17-18(14)10-15(21(17)26)9-13-7-8-16(23)11-19(13)24/h3,5-6,9,13H,2,4,7-8,10-12H2,1H3,(H,22,25)/b15-9+. The largest absolute Gasteiger partial charge is 0.352 e. The van der Waals surface area contributed by atoms with E-state index in [2.05, 4.69) is 5.32 Å². The fourth-order valence-electron chi connectivity index (χ4n) is 3.62. The van der Waals surface area contributed by atoms with Gasteiger partial charge in [0.1, 0.15) is 11.6 Å². The minimum atomic E-state index is -0.339. The molecule has 0 aromatic heterocycles. The van der Waals surface area contributed by atoms with Crippen molar-refractivity contribution in [3.05, 3.63) is 46.5 Å². The van der Waals surface area contributed by atoms with Crippen LogP contribution in [0.15, 0.2) is 29.8 Å². The van der Waals surface area contributed by atoms with Crippen LogP contribution in [0.2, 0.25) is 0 Å². The Bertz CT molecular complexity index is 806. The molecule has 136 valence electrons. The highest BCUT2D eigenvalue weighted by molar-refractivity contribution is 6.14. The zero-order valence-electron chi connectivity index (χ0n) is 15.0. The number of hydrogen-bond donors (Lipinski definition) is 1. The number of nitrogens with one attached hydrogen (secondary N) is 1. The van der Waals surface area contributed by atoms with E-state index in [0.717, 1.165) is 17.5 Å². The number of hydrogen-bond acceptors (Lipinski definition) is 4. The first-order chi connectivity index (χ1) is 12.5. The molecule has 26 heavy (non-hydrogen) atoms. The van der Waals surface area contributed by atoms with Crippen molar-refractivity contribution in [1.82, 2.24) is 5.32 Å². The molecule has 0 radical (unpaired) electrons. The molecule has 1 unspecified atom stereocenters. The van der Waals surface area contributed by atoms with Crippen molar-refractivity contribution in [3.63, 3.8) is 0 Å². The second kappa shape index (κ2) is 7.77. The van der Waals surface area contributed by atoms with Crippen molar-refractivity contribution in [2.45, 2.75) is 52.0 Å². The topological polar surface area (TPSA) is 80.3 Å². The Morgan fingerprint density at radius 2 is 2.04 bits per heavy atom. The lowest BCUT2D eigenvalue weighted by molar-refractivity contribution is -0.131. The molecule has 1 amide bonds. The monoisotopic (exact) mass is 353 g/mol. The van der Waals surface area contributed by atoms with E-state index in [9.17, 15) is 19.2 Å². The Labute approximate surface area is 152 Å². The third-order valence-corrected chi connectivity index (χ3v) is 5.05. The number of allylic oxidation sites excluding steroid dienone is 2. The molecule has 3 rings (SSSR count). The summed E-state index contributed by atoms with van der Waals surface area (Å²) in [5.41, 5.74) is 3.14. The lowest BCUT2D eigenvalue weighted by Gasteiger charge is -2.16. The van der Waals surface area contributed by atoms with Gasteiger partial charge in [0.25, 0.3) is 0 Å². The van der Waals surface area contributed by atoms with Gasteiger partial charge in [0, 0.05) is 42.9 Å². The maximum Gasteiger partial charge on any atom is 0.220 e. The number of fused-ring (bicyclic) bond motifs is 1. The van der Waals surface area contributed by atoms with E-state index in [1.54, 1.807) is 12.1 Å². The molecule has 0 heterocycles. The van der Waals surface area contributed by atoms with Crippen LogP contribution in [-0.4, -0.2) is 23.3 Å². The summed E-state index contributed by atoms with van der Waals surface area (Å²) in [7, 11) is 0. The molecule has 1 fully saturated rings. The second-order valence-electron chi connectivity index (χ2n) is 6.99. The molecule has 2 aliphatic carbocycles. The predicted molar refractivity (Wildman–Crippen MR) is 96.7 cm³/mol. The number of rotatable bonds is 5. The number of ketones is 3. The van der Waals surface area contributed by atoms with Crippen LogP contribution in [-0.2, 0) is 27.3 Å². The lowest BCUT2D eigenvalue weighted by Crippen LogP contribution is -2.24. The van der Waals surface area contributed by atoms with Gasteiger partial charge >= 0.3 is 0 Å². The summed E-state index contributed by atoms with van der Waals surface area (Å²) in [6.45, 7) is 2.36. The van der Waals surface area contributed by atoms with Crippen molar-refractivity contribution in [2.24, 2.45) is 5.92 Å². The van der Waals surface area contributed by atoms with Crippen molar-refractivity contribution in [1.29, 1.82) is 0 Å². The molecule has 5 nitrogen and oxygen atoms in total. The van der Waals surface area contributed by atoms with Crippen LogP contribution in [0.3, 0.4) is 0 Å². The number of carbonyl (C=O) groups excluding carboxylic acids is 4. The molecule has 5 heteroatoms. The van der Waals surface area contributed by atoms with Crippen LogP contribution >= 0.6 is 0 Å². The first kappa shape index (κ1) is 18.2. The molecule has 0 saturated heterocycles. The Kier molecular flexibility index (Phi) is 5.45. The Balaban J connectivity index is 1.77.